The topological polar surface area (TPSA) is 90.6 Å². The van der Waals surface area contributed by atoms with Gasteiger partial charge in [-0.2, -0.15) is 0 Å². The van der Waals surface area contributed by atoms with Crippen LogP contribution in [0.15, 0.2) is 16.9 Å². The third kappa shape index (κ3) is 3.86. The maximum Gasteiger partial charge on any atom is 0.254 e. The largest absolute Gasteiger partial charge is 0.332 e. The molecule has 2 saturated heterocycles. The van der Waals surface area contributed by atoms with Crippen LogP contribution < -0.4 is 5.56 Å². The highest BCUT2D eigenvalue weighted by atomic mass is 32.2. The Balaban J connectivity index is 1.90. The van der Waals surface area contributed by atoms with Crippen molar-refractivity contribution in [3.05, 3.63) is 33.7 Å². The molecule has 0 saturated carbocycles. The van der Waals surface area contributed by atoms with E-state index in [0.29, 0.717) is 36.7 Å². The number of aromatic amines is 1. The highest BCUT2D eigenvalue weighted by molar-refractivity contribution is 7.91. The quantitative estimate of drug-likeness (QED) is 0.821. The number of fused-ring (bicyclic) bond motifs is 1. The molecule has 0 aliphatic carbocycles. The zero-order valence-corrected chi connectivity index (χ0v) is 16.4. The number of amides is 1. The molecular formula is C18H27N3O4S. The number of rotatable bonds is 4. The van der Waals surface area contributed by atoms with Crippen LogP contribution in [0.2, 0.25) is 0 Å². The first-order chi connectivity index (χ1) is 12.2. The minimum absolute atomic E-state index is 0.00181. The van der Waals surface area contributed by atoms with Gasteiger partial charge in [0.25, 0.3) is 5.91 Å². The number of piperazine rings is 1. The van der Waals surface area contributed by atoms with Gasteiger partial charge in [0.05, 0.1) is 17.5 Å². The lowest BCUT2D eigenvalue weighted by molar-refractivity contribution is 0.0297. The summed E-state index contributed by atoms with van der Waals surface area (Å²) in [7, 11) is -3.17. The summed E-state index contributed by atoms with van der Waals surface area (Å²) in [5.41, 5.74) is 0.739. The normalized spacial score (nSPS) is 25.5. The lowest BCUT2D eigenvalue weighted by atomic mass is 10.0. The molecule has 1 aromatic heterocycles. The van der Waals surface area contributed by atoms with Gasteiger partial charge < -0.3 is 9.88 Å². The standard InChI is InChI=1S/C18H27N3O4S/c1-4-14-7-13(8-17(22)19-14)18(23)21-6-5-20(9-12(2)3)15-10-26(24,25)11-16(15)21/h7-8,12,15-16H,4-6,9-11H2,1-3H3,(H,19,22)/t15-,16+/m1/s1. The smallest absolute Gasteiger partial charge is 0.254 e. The maximum absolute atomic E-state index is 13.1. The summed E-state index contributed by atoms with van der Waals surface area (Å²) in [6, 6.07) is 2.50. The van der Waals surface area contributed by atoms with E-state index >= 15 is 0 Å². The van der Waals surface area contributed by atoms with E-state index in [-0.39, 0.29) is 35.1 Å². The lowest BCUT2D eigenvalue weighted by Crippen LogP contribution is -2.61. The fourth-order valence-electron chi connectivity index (χ4n) is 4.05. The van der Waals surface area contributed by atoms with E-state index in [0.717, 1.165) is 6.54 Å². The lowest BCUT2D eigenvalue weighted by Gasteiger charge is -2.44. The zero-order valence-electron chi connectivity index (χ0n) is 15.6. The van der Waals surface area contributed by atoms with Crippen molar-refractivity contribution in [1.82, 2.24) is 14.8 Å². The number of pyridine rings is 1. The number of nitrogens with one attached hydrogen (secondary N) is 1. The summed E-state index contributed by atoms with van der Waals surface area (Å²) >= 11 is 0. The number of sulfone groups is 1. The molecule has 2 fully saturated rings. The molecule has 26 heavy (non-hydrogen) atoms. The van der Waals surface area contributed by atoms with Gasteiger partial charge in [0.2, 0.25) is 5.56 Å². The Morgan fingerprint density at radius 2 is 1.92 bits per heavy atom. The second-order valence-corrected chi connectivity index (χ2v) is 9.86. The zero-order chi connectivity index (χ0) is 19.1. The van der Waals surface area contributed by atoms with Crippen LogP contribution in [-0.4, -0.2) is 72.3 Å². The molecule has 0 unspecified atom stereocenters. The molecule has 3 rings (SSSR count). The van der Waals surface area contributed by atoms with Gasteiger partial charge in [0.1, 0.15) is 0 Å². The molecule has 1 aromatic rings. The van der Waals surface area contributed by atoms with Crippen molar-refractivity contribution in [2.75, 3.05) is 31.1 Å². The summed E-state index contributed by atoms with van der Waals surface area (Å²) in [4.78, 5) is 31.5. The van der Waals surface area contributed by atoms with Crippen LogP contribution in [0.1, 0.15) is 36.8 Å². The van der Waals surface area contributed by atoms with Crippen LogP contribution in [0.25, 0.3) is 0 Å². The number of hydrogen-bond acceptors (Lipinski definition) is 5. The van der Waals surface area contributed by atoms with E-state index < -0.39 is 9.84 Å². The molecule has 1 N–H and O–H groups in total. The molecule has 2 atom stereocenters. The summed E-state index contributed by atoms with van der Waals surface area (Å²) in [6.07, 6.45) is 0.624. The molecule has 3 heterocycles. The summed E-state index contributed by atoms with van der Waals surface area (Å²) in [5.74, 6) is 0.286. The Morgan fingerprint density at radius 3 is 2.58 bits per heavy atom. The van der Waals surface area contributed by atoms with Crippen molar-refractivity contribution in [2.24, 2.45) is 5.92 Å². The Bertz CT molecular complexity index is 846. The summed E-state index contributed by atoms with van der Waals surface area (Å²) in [5, 5.41) is 0. The van der Waals surface area contributed by atoms with E-state index in [2.05, 4.69) is 23.7 Å². The SMILES string of the molecule is CCc1cc(C(=O)N2CCN(CC(C)C)[C@@H]3CS(=O)(=O)C[C@@H]32)cc(=O)[nH]1. The molecule has 7 nitrogen and oxygen atoms in total. The first-order valence-electron chi connectivity index (χ1n) is 9.19. The third-order valence-electron chi connectivity index (χ3n) is 5.18. The molecule has 8 heteroatoms. The molecule has 0 aromatic carbocycles. The van der Waals surface area contributed by atoms with Crippen molar-refractivity contribution in [3.8, 4) is 0 Å². The number of aromatic nitrogens is 1. The van der Waals surface area contributed by atoms with E-state index in [1.54, 1.807) is 11.0 Å². The average Bonchev–Trinajstić information content (AvgIpc) is 2.89. The molecule has 1 amide bonds. The fraction of sp³-hybridized carbons (Fsp3) is 0.667. The fourth-order valence-corrected chi connectivity index (χ4v) is 6.07. The molecule has 2 aliphatic rings. The molecular weight excluding hydrogens is 354 g/mol. The Hall–Kier alpha value is -1.67. The van der Waals surface area contributed by atoms with E-state index in [1.165, 1.54) is 6.07 Å². The number of H-pyrrole nitrogens is 1. The summed E-state index contributed by atoms with van der Waals surface area (Å²) in [6.45, 7) is 8.09. The van der Waals surface area contributed by atoms with Crippen molar-refractivity contribution >= 4 is 15.7 Å². The number of nitrogens with zero attached hydrogens (tertiary/aromatic N) is 2. The minimum atomic E-state index is -3.17. The van der Waals surface area contributed by atoms with Crippen LogP contribution >= 0.6 is 0 Å². The second-order valence-electron chi connectivity index (χ2n) is 7.71. The van der Waals surface area contributed by atoms with Gasteiger partial charge in [-0.1, -0.05) is 20.8 Å². The number of carbonyl (C=O) groups is 1. The first kappa shape index (κ1) is 19.1. The molecule has 2 aliphatic heterocycles. The molecule has 144 valence electrons. The van der Waals surface area contributed by atoms with Crippen LogP contribution in [0.5, 0.6) is 0 Å². The van der Waals surface area contributed by atoms with Crippen molar-refractivity contribution in [2.45, 2.75) is 39.3 Å². The highest BCUT2D eigenvalue weighted by Gasteiger charge is 2.48. The average molecular weight is 381 g/mol. The summed E-state index contributed by atoms with van der Waals surface area (Å²) < 4.78 is 24.5. The Kier molecular flexibility index (Phi) is 5.25. The van der Waals surface area contributed by atoms with E-state index in [4.69, 9.17) is 0 Å². The Labute approximate surface area is 154 Å². The van der Waals surface area contributed by atoms with Gasteiger partial charge in [0, 0.05) is 43.0 Å². The van der Waals surface area contributed by atoms with Crippen molar-refractivity contribution in [3.63, 3.8) is 0 Å². The monoisotopic (exact) mass is 381 g/mol. The second kappa shape index (κ2) is 7.15. The van der Waals surface area contributed by atoms with Crippen molar-refractivity contribution in [1.29, 1.82) is 0 Å². The van der Waals surface area contributed by atoms with Crippen LogP contribution in [0.3, 0.4) is 0 Å². The van der Waals surface area contributed by atoms with E-state index in [9.17, 15) is 18.0 Å². The molecule has 0 radical (unpaired) electrons. The highest BCUT2D eigenvalue weighted by Crippen LogP contribution is 2.28. The van der Waals surface area contributed by atoms with Crippen LogP contribution in [-0.2, 0) is 16.3 Å². The van der Waals surface area contributed by atoms with Gasteiger partial charge in [-0.05, 0) is 18.4 Å². The van der Waals surface area contributed by atoms with Gasteiger partial charge in [-0.15, -0.1) is 0 Å². The first-order valence-corrected chi connectivity index (χ1v) is 11.0. The number of hydrogen-bond donors (Lipinski definition) is 1. The van der Waals surface area contributed by atoms with Gasteiger partial charge in [-0.25, -0.2) is 8.42 Å². The van der Waals surface area contributed by atoms with Gasteiger partial charge in [0.15, 0.2) is 9.84 Å². The molecule has 0 spiro atoms. The predicted molar refractivity (Wildman–Crippen MR) is 100 cm³/mol. The van der Waals surface area contributed by atoms with Crippen molar-refractivity contribution < 1.29 is 13.2 Å². The Morgan fingerprint density at radius 1 is 1.23 bits per heavy atom. The van der Waals surface area contributed by atoms with E-state index in [1.807, 2.05) is 6.92 Å². The number of carbonyl (C=O) groups excluding carboxylic acids is 1. The minimum Gasteiger partial charge on any atom is -0.332 e. The van der Waals surface area contributed by atoms with Crippen LogP contribution in [0.4, 0.5) is 0 Å². The predicted octanol–water partition coefficient (Wildman–Crippen LogP) is 0.517. The molecule has 0 bridgehead atoms. The van der Waals surface area contributed by atoms with Gasteiger partial charge in [-0.3, -0.25) is 14.5 Å². The maximum atomic E-state index is 13.1. The van der Waals surface area contributed by atoms with Crippen LogP contribution in [0, 0.1) is 5.92 Å². The third-order valence-corrected chi connectivity index (χ3v) is 6.88. The van der Waals surface area contributed by atoms with Gasteiger partial charge >= 0.3 is 0 Å². The number of aryl methyl sites for hydroxylation is 1.